The highest BCUT2D eigenvalue weighted by atomic mass is 16.5. The second kappa shape index (κ2) is 6.26. The monoisotopic (exact) mass is 264 g/mol. The first-order valence-electron chi connectivity index (χ1n) is 6.89. The molecular weight excluding hydrogens is 240 g/mol. The molecule has 1 saturated heterocycles. The van der Waals surface area contributed by atoms with Crippen molar-refractivity contribution in [1.29, 1.82) is 0 Å². The van der Waals surface area contributed by atoms with Gasteiger partial charge in [-0.1, -0.05) is 12.1 Å². The van der Waals surface area contributed by atoms with Crippen LogP contribution >= 0.6 is 0 Å². The summed E-state index contributed by atoms with van der Waals surface area (Å²) in [4.78, 5) is 2.30. The molecule has 4 heteroatoms. The molecule has 4 nitrogen and oxygen atoms in total. The van der Waals surface area contributed by atoms with E-state index in [1.807, 2.05) is 25.1 Å². The number of hydrogen-bond acceptors (Lipinski definition) is 4. The molecule has 19 heavy (non-hydrogen) atoms. The highest BCUT2D eigenvalue weighted by Gasteiger charge is 2.21. The van der Waals surface area contributed by atoms with Crippen molar-refractivity contribution in [3.05, 3.63) is 23.8 Å². The van der Waals surface area contributed by atoms with Crippen LogP contribution in [-0.2, 0) is 0 Å². The van der Waals surface area contributed by atoms with Crippen LogP contribution in [-0.4, -0.2) is 38.3 Å². The molecule has 1 aliphatic rings. The second-order valence-corrected chi connectivity index (χ2v) is 5.31. The minimum Gasteiger partial charge on any atom is -0.493 e. The molecule has 0 radical (unpaired) electrons. The van der Waals surface area contributed by atoms with E-state index in [0.29, 0.717) is 0 Å². The average Bonchev–Trinajstić information content (AvgIpc) is 2.38. The third-order valence-corrected chi connectivity index (χ3v) is 3.58. The molecule has 1 fully saturated rings. The Labute approximate surface area is 115 Å². The van der Waals surface area contributed by atoms with Gasteiger partial charge in [-0.3, -0.25) is 0 Å². The van der Waals surface area contributed by atoms with Crippen LogP contribution in [0.2, 0.25) is 0 Å². The summed E-state index contributed by atoms with van der Waals surface area (Å²) < 4.78 is 11.6. The first kappa shape index (κ1) is 14.2. The normalized spacial score (nSPS) is 22.0. The first-order chi connectivity index (χ1) is 9.11. The molecule has 2 N–H and O–H groups in total. The molecule has 1 aromatic rings. The number of hydrogen-bond donors (Lipinski definition) is 1. The Bertz CT molecular complexity index is 421. The van der Waals surface area contributed by atoms with Crippen molar-refractivity contribution < 1.29 is 9.47 Å². The summed E-state index contributed by atoms with van der Waals surface area (Å²) in [6.45, 7) is 4.07. The lowest BCUT2D eigenvalue weighted by Crippen LogP contribution is -2.38. The number of likely N-dealkylation sites (N-methyl/N-ethyl adjacent to an activating group) is 1. The molecule has 106 valence electrons. The Morgan fingerprint density at radius 2 is 2.21 bits per heavy atom. The molecule has 0 bridgehead atoms. The maximum atomic E-state index is 6.12. The second-order valence-electron chi connectivity index (χ2n) is 5.31. The van der Waals surface area contributed by atoms with Crippen LogP contribution in [0.5, 0.6) is 11.5 Å². The predicted octanol–water partition coefficient (Wildman–Crippen LogP) is 2.19. The third-order valence-electron chi connectivity index (χ3n) is 3.58. The lowest BCUT2D eigenvalue weighted by atomic mass is 10.1. The lowest BCUT2D eigenvalue weighted by molar-refractivity contribution is 0.101. The molecular formula is C15H24N2O2. The van der Waals surface area contributed by atoms with Gasteiger partial charge < -0.3 is 20.1 Å². The van der Waals surface area contributed by atoms with Gasteiger partial charge in [0.15, 0.2) is 11.5 Å². The van der Waals surface area contributed by atoms with E-state index < -0.39 is 0 Å². The summed E-state index contributed by atoms with van der Waals surface area (Å²) >= 11 is 0. The highest BCUT2D eigenvalue weighted by molar-refractivity contribution is 5.48. The molecule has 0 aromatic heterocycles. The van der Waals surface area contributed by atoms with E-state index in [1.165, 1.54) is 6.42 Å². The fourth-order valence-electron chi connectivity index (χ4n) is 2.60. The van der Waals surface area contributed by atoms with Gasteiger partial charge in [-0.25, -0.2) is 0 Å². The van der Waals surface area contributed by atoms with Gasteiger partial charge in [-0.15, -0.1) is 0 Å². The minimum absolute atomic E-state index is 0.0625. The van der Waals surface area contributed by atoms with E-state index in [0.717, 1.165) is 36.6 Å². The van der Waals surface area contributed by atoms with Crippen molar-refractivity contribution in [2.24, 2.45) is 5.73 Å². The summed E-state index contributed by atoms with van der Waals surface area (Å²) in [6, 6.07) is 5.86. The average molecular weight is 264 g/mol. The molecule has 0 aliphatic carbocycles. The number of likely N-dealkylation sites (tertiary alicyclic amines) is 1. The zero-order valence-electron chi connectivity index (χ0n) is 12.1. The summed E-state index contributed by atoms with van der Waals surface area (Å²) in [5, 5.41) is 0. The fourth-order valence-corrected chi connectivity index (χ4v) is 2.60. The van der Waals surface area contributed by atoms with E-state index in [-0.39, 0.29) is 12.1 Å². The molecule has 2 unspecified atom stereocenters. The highest BCUT2D eigenvalue weighted by Crippen LogP contribution is 2.35. The van der Waals surface area contributed by atoms with Crippen molar-refractivity contribution in [3.8, 4) is 11.5 Å². The van der Waals surface area contributed by atoms with Crippen molar-refractivity contribution in [2.45, 2.75) is 31.9 Å². The maximum Gasteiger partial charge on any atom is 0.165 e. The van der Waals surface area contributed by atoms with Crippen molar-refractivity contribution >= 4 is 0 Å². The Morgan fingerprint density at radius 3 is 2.84 bits per heavy atom. The van der Waals surface area contributed by atoms with Gasteiger partial charge in [0.25, 0.3) is 0 Å². The van der Waals surface area contributed by atoms with Gasteiger partial charge in [-0.2, -0.15) is 0 Å². The molecule has 0 saturated carbocycles. The zero-order valence-corrected chi connectivity index (χ0v) is 12.1. The Hall–Kier alpha value is -1.26. The van der Waals surface area contributed by atoms with Crippen LogP contribution in [0.3, 0.4) is 0 Å². The van der Waals surface area contributed by atoms with E-state index in [2.05, 4.69) is 11.9 Å². The number of nitrogens with zero attached hydrogens (tertiary/aromatic N) is 1. The topological polar surface area (TPSA) is 47.7 Å². The Kier molecular flexibility index (Phi) is 4.66. The molecule has 2 atom stereocenters. The summed E-state index contributed by atoms with van der Waals surface area (Å²) in [5.41, 5.74) is 6.96. The van der Waals surface area contributed by atoms with Crippen LogP contribution in [0.1, 0.15) is 31.4 Å². The smallest absolute Gasteiger partial charge is 0.165 e. The molecule has 1 aliphatic heterocycles. The van der Waals surface area contributed by atoms with Crippen LogP contribution < -0.4 is 15.2 Å². The van der Waals surface area contributed by atoms with Gasteiger partial charge in [0.2, 0.25) is 0 Å². The number of methoxy groups -OCH3 is 1. The number of benzene rings is 1. The lowest BCUT2D eigenvalue weighted by Gasteiger charge is -2.30. The standard InChI is InChI=1S/C15H24N2O2/c1-11(16)13-7-4-8-14(15(13)18-3)19-12-6-5-9-17(2)10-12/h4,7-8,11-12H,5-6,9-10,16H2,1-3H3. The number of ether oxygens (including phenoxy) is 2. The van der Waals surface area contributed by atoms with Crippen molar-refractivity contribution in [2.75, 3.05) is 27.2 Å². The molecule has 1 heterocycles. The number of para-hydroxylation sites is 1. The SMILES string of the molecule is COc1c(OC2CCCN(C)C2)cccc1C(C)N. The third kappa shape index (κ3) is 3.39. The van der Waals surface area contributed by atoms with Gasteiger partial charge >= 0.3 is 0 Å². The maximum absolute atomic E-state index is 6.12. The van der Waals surface area contributed by atoms with E-state index in [9.17, 15) is 0 Å². The Balaban J connectivity index is 2.17. The first-order valence-corrected chi connectivity index (χ1v) is 6.89. The number of rotatable bonds is 4. The van der Waals surface area contributed by atoms with Crippen molar-refractivity contribution in [3.63, 3.8) is 0 Å². The molecule has 0 spiro atoms. The van der Waals surface area contributed by atoms with Gasteiger partial charge in [0.1, 0.15) is 6.10 Å². The molecule has 0 amide bonds. The predicted molar refractivity (Wildman–Crippen MR) is 76.7 cm³/mol. The van der Waals surface area contributed by atoms with Crippen molar-refractivity contribution in [1.82, 2.24) is 4.90 Å². The number of nitrogens with two attached hydrogens (primary N) is 1. The fraction of sp³-hybridized carbons (Fsp3) is 0.600. The zero-order chi connectivity index (χ0) is 13.8. The minimum atomic E-state index is -0.0625. The summed E-state index contributed by atoms with van der Waals surface area (Å²) in [5.74, 6) is 1.57. The van der Waals surface area contributed by atoms with Crippen LogP contribution in [0, 0.1) is 0 Å². The molecule has 1 aromatic carbocycles. The van der Waals surface area contributed by atoms with E-state index in [4.69, 9.17) is 15.2 Å². The van der Waals surface area contributed by atoms with E-state index >= 15 is 0 Å². The van der Waals surface area contributed by atoms with Crippen LogP contribution in [0.25, 0.3) is 0 Å². The summed E-state index contributed by atoms with van der Waals surface area (Å²) in [6.07, 6.45) is 2.50. The van der Waals surface area contributed by atoms with Gasteiger partial charge in [-0.05, 0) is 39.4 Å². The van der Waals surface area contributed by atoms with Gasteiger partial charge in [0.05, 0.1) is 7.11 Å². The van der Waals surface area contributed by atoms with Crippen LogP contribution in [0.4, 0.5) is 0 Å². The summed E-state index contributed by atoms with van der Waals surface area (Å²) in [7, 11) is 3.80. The van der Waals surface area contributed by atoms with Crippen LogP contribution in [0.15, 0.2) is 18.2 Å². The van der Waals surface area contributed by atoms with Gasteiger partial charge in [0, 0.05) is 18.2 Å². The number of piperidine rings is 1. The molecule has 2 rings (SSSR count). The van der Waals surface area contributed by atoms with E-state index in [1.54, 1.807) is 7.11 Å². The quantitative estimate of drug-likeness (QED) is 0.905. The Morgan fingerprint density at radius 1 is 1.42 bits per heavy atom. The largest absolute Gasteiger partial charge is 0.493 e.